The number of rotatable bonds is 3. The molecule has 0 aromatic heterocycles. The van der Waals surface area contributed by atoms with Crippen molar-refractivity contribution in [2.75, 3.05) is 13.2 Å². The number of amides is 1. The number of hydrogen-bond donors (Lipinski definition) is 1. The molecule has 2 rings (SSSR count). The molecule has 1 aromatic carbocycles. The van der Waals surface area contributed by atoms with Gasteiger partial charge in [0.05, 0.1) is 6.61 Å². The highest BCUT2D eigenvalue weighted by Crippen LogP contribution is 2.14. The van der Waals surface area contributed by atoms with Gasteiger partial charge in [-0.3, -0.25) is 0 Å². The molecule has 4 heteroatoms. The molecular formula is C14H19NO3. The molecule has 0 aliphatic carbocycles. The fourth-order valence-corrected chi connectivity index (χ4v) is 2.01. The van der Waals surface area contributed by atoms with Crippen LogP contribution in [0.3, 0.4) is 0 Å². The van der Waals surface area contributed by atoms with E-state index in [0.29, 0.717) is 25.7 Å². The molecule has 1 saturated heterocycles. The van der Waals surface area contributed by atoms with Crippen LogP contribution in [0.1, 0.15) is 18.9 Å². The van der Waals surface area contributed by atoms with Crippen molar-refractivity contribution in [3.63, 3.8) is 0 Å². The average Bonchev–Trinajstić information content (AvgIpc) is 2.40. The van der Waals surface area contributed by atoms with Crippen LogP contribution in [0, 0.1) is 5.92 Å². The molecule has 0 saturated carbocycles. The molecule has 98 valence electrons. The van der Waals surface area contributed by atoms with Crippen LogP contribution < -0.4 is 5.32 Å². The highest BCUT2D eigenvalue weighted by Gasteiger charge is 2.23. The lowest BCUT2D eigenvalue weighted by Crippen LogP contribution is -2.44. The van der Waals surface area contributed by atoms with E-state index in [9.17, 15) is 4.79 Å². The van der Waals surface area contributed by atoms with Crippen LogP contribution in [0.25, 0.3) is 0 Å². The van der Waals surface area contributed by atoms with Gasteiger partial charge in [0, 0.05) is 12.6 Å². The minimum Gasteiger partial charge on any atom is -0.445 e. The molecule has 18 heavy (non-hydrogen) atoms. The minimum atomic E-state index is -0.349. The zero-order chi connectivity index (χ0) is 12.8. The summed E-state index contributed by atoms with van der Waals surface area (Å²) in [5, 5.41) is 2.90. The maximum Gasteiger partial charge on any atom is 0.407 e. The first-order valence-corrected chi connectivity index (χ1v) is 6.30. The van der Waals surface area contributed by atoms with Gasteiger partial charge in [-0.15, -0.1) is 0 Å². The van der Waals surface area contributed by atoms with Crippen molar-refractivity contribution < 1.29 is 14.3 Å². The Kier molecular flexibility index (Phi) is 4.59. The lowest BCUT2D eigenvalue weighted by molar-refractivity contribution is 0.0366. The van der Waals surface area contributed by atoms with Crippen molar-refractivity contribution in [1.29, 1.82) is 0 Å². The number of benzene rings is 1. The van der Waals surface area contributed by atoms with Gasteiger partial charge >= 0.3 is 6.09 Å². The molecule has 1 aromatic rings. The van der Waals surface area contributed by atoms with Gasteiger partial charge < -0.3 is 14.8 Å². The molecule has 1 N–H and O–H groups in total. The molecule has 1 amide bonds. The molecule has 0 spiro atoms. The number of nitrogens with one attached hydrogen (secondary N) is 1. The van der Waals surface area contributed by atoms with Gasteiger partial charge in [-0.2, -0.15) is 0 Å². The van der Waals surface area contributed by atoms with Crippen LogP contribution in [0.4, 0.5) is 4.79 Å². The monoisotopic (exact) mass is 249 g/mol. The second-order valence-electron chi connectivity index (χ2n) is 4.65. The van der Waals surface area contributed by atoms with Gasteiger partial charge in [0.25, 0.3) is 0 Å². The molecule has 2 atom stereocenters. The van der Waals surface area contributed by atoms with Crippen LogP contribution in [0.5, 0.6) is 0 Å². The van der Waals surface area contributed by atoms with Crippen LogP contribution in [-0.4, -0.2) is 25.3 Å². The summed E-state index contributed by atoms with van der Waals surface area (Å²) >= 11 is 0. The van der Waals surface area contributed by atoms with E-state index in [1.54, 1.807) is 0 Å². The standard InChI is InChI=1S/C14H19NO3/c1-11-9-17-8-7-13(11)15-14(16)18-10-12-5-3-2-4-6-12/h2-6,11,13H,7-10H2,1H3,(H,15,16)/t11-,13-/m1/s1. The van der Waals surface area contributed by atoms with Crippen molar-refractivity contribution in [1.82, 2.24) is 5.32 Å². The van der Waals surface area contributed by atoms with Gasteiger partial charge in [0.2, 0.25) is 0 Å². The summed E-state index contributed by atoms with van der Waals surface area (Å²) in [5.74, 6) is 0.336. The molecule has 4 nitrogen and oxygen atoms in total. The summed E-state index contributed by atoms with van der Waals surface area (Å²) in [6.45, 7) is 3.78. The fourth-order valence-electron chi connectivity index (χ4n) is 2.01. The van der Waals surface area contributed by atoms with Crippen molar-refractivity contribution in [2.24, 2.45) is 5.92 Å². The number of alkyl carbamates (subject to hydrolysis) is 1. The summed E-state index contributed by atoms with van der Waals surface area (Å²) in [4.78, 5) is 11.7. The van der Waals surface area contributed by atoms with E-state index in [-0.39, 0.29) is 12.1 Å². The highest BCUT2D eigenvalue weighted by molar-refractivity contribution is 5.67. The van der Waals surface area contributed by atoms with Crippen molar-refractivity contribution in [2.45, 2.75) is 26.0 Å². The van der Waals surface area contributed by atoms with Crippen molar-refractivity contribution in [3.8, 4) is 0 Å². The van der Waals surface area contributed by atoms with Gasteiger partial charge in [-0.05, 0) is 17.9 Å². The average molecular weight is 249 g/mol. The quantitative estimate of drug-likeness (QED) is 0.894. The van der Waals surface area contributed by atoms with Crippen molar-refractivity contribution >= 4 is 6.09 Å². The Hall–Kier alpha value is -1.55. The number of carbonyl (C=O) groups is 1. The van der Waals surface area contributed by atoms with E-state index in [2.05, 4.69) is 12.2 Å². The van der Waals surface area contributed by atoms with E-state index < -0.39 is 0 Å². The SMILES string of the molecule is C[C@@H]1COCC[C@H]1NC(=O)OCc1ccccc1. The van der Waals surface area contributed by atoms with Gasteiger partial charge in [-0.1, -0.05) is 37.3 Å². The van der Waals surface area contributed by atoms with Gasteiger partial charge in [-0.25, -0.2) is 4.79 Å². The molecule has 1 aliphatic heterocycles. The molecule has 0 unspecified atom stereocenters. The maximum absolute atomic E-state index is 11.7. The molecule has 0 radical (unpaired) electrons. The molecule has 0 bridgehead atoms. The van der Waals surface area contributed by atoms with Crippen LogP contribution in [0.15, 0.2) is 30.3 Å². The van der Waals surface area contributed by atoms with E-state index in [4.69, 9.17) is 9.47 Å². The zero-order valence-corrected chi connectivity index (χ0v) is 10.6. The van der Waals surface area contributed by atoms with Gasteiger partial charge in [0.15, 0.2) is 0 Å². The molecule has 1 fully saturated rings. The largest absolute Gasteiger partial charge is 0.445 e. The third kappa shape index (κ3) is 3.74. The Balaban J connectivity index is 1.75. The maximum atomic E-state index is 11.7. The smallest absolute Gasteiger partial charge is 0.407 e. The molecular weight excluding hydrogens is 230 g/mol. The Bertz CT molecular complexity index is 380. The predicted octanol–water partition coefficient (Wildman–Crippen LogP) is 2.34. The second kappa shape index (κ2) is 6.40. The van der Waals surface area contributed by atoms with Crippen LogP contribution in [-0.2, 0) is 16.1 Å². The summed E-state index contributed by atoms with van der Waals surface area (Å²) < 4.78 is 10.5. The Morgan fingerprint density at radius 3 is 2.94 bits per heavy atom. The van der Waals surface area contributed by atoms with Gasteiger partial charge in [0.1, 0.15) is 6.61 Å². The lowest BCUT2D eigenvalue weighted by Gasteiger charge is -2.29. The van der Waals surface area contributed by atoms with E-state index in [1.807, 2.05) is 30.3 Å². The third-order valence-electron chi connectivity index (χ3n) is 3.16. The van der Waals surface area contributed by atoms with E-state index >= 15 is 0 Å². The Labute approximate surface area is 107 Å². The Morgan fingerprint density at radius 1 is 1.44 bits per heavy atom. The lowest BCUT2D eigenvalue weighted by atomic mass is 9.98. The predicted molar refractivity (Wildman–Crippen MR) is 68.2 cm³/mol. The second-order valence-corrected chi connectivity index (χ2v) is 4.65. The van der Waals surface area contributed by atoms with Crippen molar-refractivity contribution in [3.05, 3.63) is 35.9 Å². The summed E-state index contributed by atoms with van der Waals surface area (Å²) in [5.41, 5.74) is 0.993. The van der Waals surface area contributed by atoms with Crippen LogP contribution >= 0.6 is 0 Å². The fraction of sp³-hybridized carbons (Fsp3) is 0.500. The summed E-state index contributed by atoms with van der Waals surface area (Å²) in [7, 11) is 0. The first-order chi connectivity index (χ1) is 8.75. The van der Waals surface area contributed by atoms with E-state index in [0.717, 1.165) is 12.0 Å². The van der Waals surface area contributed by atoms with E-state index in [1.165, 1.54) is 0 Å². The zero-order valence-electron chi connectivity index (χ0n) is 10.6. The topological polar surface area (TPSA) is 47.6 Å². The third-order valence-corrected chi connectivity index (χ3v) is 3.16. The first-order valence-electron chi connectivity index (χ1n) is 6.30. The number of ether oxygens (including phenoxy) is 2. The number of carbonyl (C=O) groups excluding carboxylic acids is 1. The Morgan fingerprint density at radius 2 is 2.22 bits per heavy atom. The number of hydrogen-bond acceptors (Lipinski definition) is 3. The first kappa shape index (κ1) is 12.9. The minimum absolute atomic E-state index is 0.155. The van der Waals surface area contributed by atoms with Crippen LogP contribution in [0.2, 0.25) is 0 Å². The highest BCUT2D eigenvalue weighted by atomic mass is 16.5. The molecule has 1 aliphatic rings. The summed E-state index contributed by atoms with van der Waals surface area (Å²) in [6.07, 6.45) is 0.499. The molecule has 1 heterocycles. The normalized spacial score (nSPS) is 23.4. The summed E-state index contributed by atoms with van der Waals surface area (Å²) in [6, 6.07) is 9.82.